The third kappa shape index (κ3) is 5.20. The Morgan fingerprint density at radius 3 is 2.80 bits per heavy atom. The minimum Gasteiger partial charge on any atom is -0.387 e. The lowest BCUT2D eigenvalue weighted by molar-refractivity contribution is -0.123. The van der Waals surface area contributed by atoms with Gasteiger partial charge in [0.15, 0.2) is 0 Å². The van der Waals surface area contributed by atoms with Gasteiger partial charge in [0.25, 0.3) is 0 Å². The van der Waals surface area contributed by atoms with Crippen molar-refractivity contribution in [1.82, 2.24) is 4.90 Å². The lowest BCUT2D eigenvalue weighted by Crippen LogP contribution is -2.45. The molecule has 2 atom stereocenters. The number of methoxy groups -OCH3 is 1. The number of hydrogen-bond acceptors (Lipinski definition) is 4. The minimum absolute atomic E-state index is 0.323. The van der Waals surface area contributed by atoms with Gasteiger partial charge in [-0.3, -0.25) is 9.69 Å². The molecule has 1 rings (SSSR count). The van der Waals surface area contributed by atoms with Gasteiger partial charge in [-0.05, 0) is 24.6 Å². The first-order valence-corrected chi connectivity index (χ1v) is 7.20. The molecule has 20 heavy (non-hydrogen) atoms. The van der Waals surface area contributed by atoms with Gasteiger partial charge >= 0.3 is 0 Å². The van der Waals surface area contributed by atoms with Crippen LogP contribution < -0.4 is 5.73 Å². The molecule has 5 nitrogen and oxygen atoms in total. The van der Waals surface area contributed by atoms with E-state index in [-0.39, 0.29) is 0 Å². The van der Waals surface area contributed by atoms with Crippen molar-refractivity contribution in [3.05, 3.63) is 34.3 Å². The van der Waals surface area contributed by atoms with E-state index in [0.29, 0.717) is 19.7 Å². The van der Waals surface area contributed by atoms with E-state index in [2.05, 4.69) is 15.9 Å². The summed E-state index contributed by atoms with van der Waals surface area (Å²) in [5.74, 6) is -0.414. The van der Waals surface area contributed by atoms with Crippen molar-refractivity contribution >= 4 is 21.8 Å². The van der Waals surface area contributed by atoms with E-state index in [0.717, 1.165) is 10.0 Å². The number of amides is 1. The lowest BCUT2D eigenvalue weighted by Gasteiger charge is -2.29. The van der Waals surface area contributed by atoms with Gasteiger partial charge in [-0.2, -0.15) is 0 Å². The molecule has 0 aliphatic heterocycles. The molecular weight excluding hydrogens is 324 g/mol. The van der Waals surface area contributed by atoms with E-state index in [1.165, 1.54) is 0 Å². The van der Waals surface area contributed by atoms with Gasteiger partial charge < -0.3 is 15.6 Å². The smallest absolute Gasteiger partial charge is 0.234 e. The van der Waals surface area contributed by atoms with Gasteiger partial charge in [-0.1, -0.05) is 28.1 Å². The molecule has 0 fully saturated rings. The second kappa shape index (κ2) is 8.36. The summed E-state index contributed by atoms with van der Waals surface area (Å²) in [6, 6.07) is 7.00. The number of carbonyl (C=O) groups excluding carboxylic acids is 1. The van der Waals surface area contributed by atoms with E-state index in [9.17, 15) is 9.90 Å². The van der Waals surface area contributed by atoms with E-state index in [1.807, 2.05) is 29.2 Å². The number of nitrogens with two attached hydrogens (primary N) is 1. The average molecular weight is 345 g/mol. The van der Waals surface area contributed by atoms with Crippen LogP contribution in [0.2, 0.25) is 0 Å². The molecule has 0 aromatic heterocycles. The maximum Gasteiger partial charge on any atom is 0.234 e. The van der Waals surface area contributed by atoms with Crippen LogP contribution in [0.1, 0.15) is 18.6 Å². The molecule has 0 aliphatic carbocycles. The van der Waals surface area contributed by atoms with Gasteiger partial charge in [0.1, 0.15) is 0 Å². The lowest BCUT2D eigenvalue weighted by atomic mass is 10.1. The highest BCUT2D eigenvalue weighted by atomic mass is 79.9. The third-order valence-corrected chi connectivity index (χ3v) is 3.68. The molecule has 0 heterocycles. The molecule has 1 amide bonds. The minimum atomic E-state index is -0.689. The Kier molecular flexibility index (Phi) is 7.15. The fourth-order valence-corrected chi connectivity index (χ4v) is 2.29. The Bertz CT molecular complexity index is 442. The number of nitrogens with zero attached hydrogens (tertiary/aromatic N) is 1. The monoisotopic (exact) mass is 344 g/mol. The summed E-state index contributed by atoms with van der Waals surface area (Å²) >= 11 is 3.37. The predicted octanol–water partition coefficient (Wildman–Crippen LogP) is 1.30. The predicted molar refractivity (Wildman–Crippen MR) is 81.2 cm³/mol. The summed E-state index contributed by atoms with van der Waals surface area (Å²) in [5.41, 5.74) is 6.13. The van der Waals surface area contributed by atoms with E-state index in [4.69, 9.17) is 10.5 Å². The Morgan fingerprint density at radius 2 is 2.25 bits per heavy atom. The molecule has 0 saturated carbocycles. The number of carbonyl (C=O) groups is 1. The number of aliphatic hydroxyl groups excluding tert-OH is 1. The molecular formula is C14H21BrN2O3. The quantitative estimate of drug-likeness (QED) is 0.745. The van der Waals surface area contributed by atoms with Crippen molar-refractivity contribution < 1.29 is 14.6 Å². The molecule has 0 bridgehead atoms. The van der Waals surface area contributed by atoms with Crippen molar-refractivity contribution in [1.29, 1.82) is 0 Å². The fourth-order valence-electron chi connectivity index (χ4n) is 1.87. The standard InChI is InChI=1S/C14H21BrN2O3/c1-10(14(16)19)17(6-7-20-2)9-13(18)11-4-3-5-12(15)8-11/h3-5,8,10,13,18H,6-7,9H2,1-2H3,(H2,16,19). The summed E-state index contributed by atoms with van der Waals surface area (Å²) in [6.07, 6.45) is -0.689. The Balaban J connectivity index is 2.75. The van der Waals surface area contributed by atoms with Crippen molar-refractivity contribution in [2.75, 3.05) is 26.8 Å². The summed E-state index contributed by atoms with van der Waals surface area (Å²) in [5, 5.41) is 10.3. The number of primary amides is 1. The summed E-state index contributed by atoms with van der Waals surface area (Å²) in [6.45, 7) is 3.06. The summed E-state index contributed by atoms with van der Waals surface area (Å²) in [7, 11) is 1.60. The molecule has 3 N–H and O–H groups in total. The number of rotatable bonds is 8. The molecule has 0 aliphatic rings. The van der Waals surface area contributed by atoms with Gasteiger partial charge in [-0.25, -0.2) is 0 Å². The Labute approximate surface area is 127 Å². The van der Waals surface area contributed by atoms with Gasteiger partial charge in [0.05, 0.1) is 18.8 Å². The zero-order chi connectivity index (χ0) is 15.1. The van der Waals surface area contributed by atoms with Gasteiger partial charge in [0, 0.05) is 24.7 Å². The third-order valence-electron chi connectivity index (χ3n) is 3.18. The van der Waals surface area contributed by atoms with Crippen LogP contribution in [-0.2, 0) is 9.53 Å². The number of hydrogen-bond donors (Lipinski definition) is 2. The highest BCUT2D eigenvalue weighted by molar-refractivity contribution is 9.10. The topological polar surface area (TPSA) is 75.8 Å². The molecule has 112 valence electrons. The van der Waals surface area contributed by atoms with Crippen molar-refractivity contribution in [3.63, 3.8) is 0 Å². The largest absolute Gasteiger partial charge is 0.387 e. The highest BCUT2D eigenvalue weighted by Crippen LogP contribution is 2.19. The van der Waals surface area contributed by atoms with Crippen LogP contribution in [0.25, 0.3) is 0 Å². The van der Waals surface area contributed by atoms with Crippen molar-refractivity contribution in [2.24, 2.45) is 5.73 Å². The molecule has 0 spiro atoms. The van der Waals surface area contributed by atoms with Crippen molar-refractivity contribution in [3.8, 4) is 0 Å². The first-order valence-electron chi connectivity index (χ1n) is 6.41. The second-order valence-electron chi connectivity index (χ2n) is 4.64. The van der Waals surface area contributed by atoms with Crippen LogP contribution >= 0.6 is 15.9 Å². The molecule has 0 radical (unpaired) electrons. The van der Waals surface area contributed by atoms with E-state index < -0.39 is 18.1 Å². The first-order chi connectivity index (χ1) is 9.45. The summed E-state index contributed by atoms with van der Waals surface area (Å²) in [4.78, 5) is 13.1. The Hall–Kier alpha value is -0.950. The molecule has 0 saturated heterocycles. The molecule has 6 heteroatoms. The first kappa shape index (κ1) is 17.1. The normalized spacial score (nSPS) is 14.2. The van der Waals surface area contributed by atoms with Crippen LogP contribution in [0.5, 0.6) is 0 Å². The maximum atomic E-state index is 11.3. The molecule has 2 unspecified atom stereocenters. The zero-order valence-electron chi connectivity index (χ0n) is 11.8. The van der Waals surface area contributed by atoms with Gasteiger partial charge in [-0.15, -0.1) is 0 Å². The van der Waals surface area contributed by atoms with Crippen LogP contribution in [0.15, 0.2) is 28.7 Å². The zero-order valence-corrected chi connectivity index (χ0v) is 13.3. The van der Waals surface area contributed by atoms with Crippen LogP contribution in [0, 0.1) is 0 Å². The Morgan fingerprint density at radius 1 is 1.55 bits per heavy atom. The van der Waals surface area contributed by atoms with Crippen LogP contribution in [-0.4, -0.2) is 48.8 Å². The number of halogens is 1. The average Bonchev–Trinajstić information content (AvgIpc) is 2.42. The van der Waals surface area contributed by atoms with Crippen LogP contribution in [0.3, 0.4) is 0 Å². The highest BCUT2D eigenvalue weighted by Gasteiger charge is 2.22. The van der Waals surface area contributed by atoms with Crippen LogP contribution in [0.4, 0.5) is 0 Å². The SMILES string of the molecule is COCCN(CC(O)c1cccc(Br)c1)C(C)C(N)=O. The second-order valence-corrected chi connectivity index (χ2v) is 5.55. The maximum absolute atomic E-state index is 11.3. The molecule has 1 aromatic rings. The van der Waals surface area contributed by atoms with E-state index in [1.54, 1.807) is 14.0 Å². The number of ether oxygens (including phenoxy) is 1. The molecule has 1 aromatic carbocycles. The summed E-state index contributed by atoms with van der Waals surface area (Å²) < 4.78 is 5.93. The van der Waals surface area contributed by atoms with E-state index >= 15 is 0 Å². The number of benzene rings is 1. The van der Waals surface area contributed by atoms with Crippen molar-refractivity contribution in [2.45, 2.75) is 19.1 Å². The fraction of sp³-hybridized carbons (Fsp3) is 0.500. The number of aliphatic hydroxyl groups is 1. The van der Waals surface area contributed by atoms with Gasteiger partial charge in [0.2, 0.25) is 5.91 Å².